The standard InChI is InChI=1S/C23H24FN3O3/c1-16(28)26-12-10-23(11-13-26,14-21(29)25-19-8-6-18(24)7-9-19)27-15-17-4-2-3-5-20(17)22(27)30/h2-9H,10-15H2,1H3,(H,25,29). The summed E-state index contributed by atoms with van der Waals surface area (Å²) in [5, 5.41) is 2.81. The molecule has 6 nitrogen and oxygen atoms in total. The number of halogens is 1. The van der Waals surface area contributed by atoms with Crippen LogP contribution in [0.4, 0.5) is 10.1 Å². The van der Waals surface area contributed by atoms with E-state index < -0.39 is 5.54 Å². The van der Waals surface area contributed by atoms with Crippen LogP contribution in [-0.2, 0) is 16.1 Å². The smallest absolute Gasteiger partial charge is 0.254 e. The SMILES string of the molecule is CC(=O)N1CCC(CC(=O)Nc2ccc(F)cc2)(N2Cc3ccccc3C2=O)CC1. The summed E-state index contributed by atoms with van der Waals surface area (Å²) in [6.45, 7) is 2.99. The third-order valence-electron chi connectivity index (χ3n) is 6.15. The highest BCUT2D eigenvalue weighted by Gasteiger charge is 2.47. The lowest BCUT2D eigenvalue weighted by Crippen LogP contribution is -2.57. The predicted molar refractivity (Wildman–Crippen MR) is 110 cm³/mol. The predicted octanol–water partition coefficient (Wildman–Crippen LogP) is 3.19. The van der Waals surface area contributed by atoms with Gasteiger partial charge >= 0.3 is 0 Å². The van der Waals surface area contributed by atoms with Gasteiger partial charge in [0.15, 0.2) is 0 Å². The Kier molecular flexibility index (Phi) is 5.28. The zero-order chi connectivity index (χ0) is 21.3. The second-order valence-electron chi connectivity index (χ2n) is 8.01. The minimum absolute atomic E-state index is 0.00426. The molecule has 0 bridgehead atoms. The molecule has 2 aliphatic rings. The molecule has 0 aliphatic carbocycles. The lowest BCUT2D eigenvalue weighted by Gasteiger charge is -2.47. The van der Waals surface area contributed by atoms with E-state index in [2.05, 4.69) is 5.32 Å². The summed E-state index contributed by atoms with van der Waals surface area (Å²) in [7, 11) is 0. The van der Waals surface area contributed by atoms with Crippen LogP contribution < -0.4 is 5.32 Å². The van der Waals surface area contributed by atoms with E-state index in [0.29, 0.717) is 43.7 Å². The Labute approximate surface area is 174 Å². The van der Waals surface area contributed by atoms with Crippen LogP contribution in [0.15, 0.2) is 48.5 Å². The van der Waals surface area contributed by atoms with Gasteiger partial charge in [-0.15, -0.1) is 0 Å². The molecule has 30 heavy (non-hydrogen) atoms. The lowest BCUT2D eigenvalue weighted by atomic mass is 9.82. The third-order valence-corrected chi connectivity index (χ3v) is 6.15. The number of benzene rings is 2. The van der Waals surface area contributed by atoms with Crippen molar-refractivity contribution < 1.29 is 18.8 Å². The van der Waals surface area contributed by atoms with Crippen LogP contribution in [-0.4, -0.2) is 46.1 Å². The molecule has 0 spiro atoms. The summed E-state index contributed by atoms with van der Waals surface area (Å²) in [5.74, 6) is -0.685. The van der Waals surface area contributed by atoms with Crippen molar-refractivity contribution in [1.82, 2.24) is 9.80 Å². The lowest BCUT2D eigenvalue weighted by molar-refractivity contribution is -0.131. The molecule has 0 unspecified atom stereocenters. The summed E-state index contributed by atoms with van der Waals surface area (Å²) in [6, 6.07) is 13.1. The zero-order valence-corrected chi connectivity index (χ0v) is 16.9. The number of nitrogens with zero attached hydrogens (tertiary/aromatic N) is 2. The first-order chi connectivity index (χ1) is 14.4. The first-order valence-electron chi connectivity index (χ1n) is 10.1. The Hall–Kier alpha value is -3.22. The van der Waals surface area contributed by atoms with Crippen molar-refractivity contribution in [3.8, 4) is 0 Å². The number of nitrogens with one attached hydrogen (secondary N) is 1. The van der Waals surface area contributed by atoms with Gasteiger partial charge in [0.1, 0.15) is 5.82 Å². The van der Waals surface area contributed by atoms with Crippen LogP contribution in [0.25, 0.3) is 0 Å². The fourth-order valence-electron chi connectivity index (χ4n) is 4.45. The average Bonchev–Trinajstić information content (AvgIpc) is 3.07. The molecule has 156 valence electrons. The summed E-state index contributed by atoms with van der Waals surface area (Å²) in [6.07, 6.45) is 1.18. The second kappa shape index (κ2) is 7.89. The van der Waals surface area contributed by atoms with Crippen LogP contribution in [0.3, 0.4) is 0 Å². The fourth-order valence-corrected chi connectivity index (χ4v) is 4.45. The Balaban J connectivity index is 1.57. The molecule has 7 heteroatoms. The maximum Gasteiger partial charge on any atom is 0.254 e. The van der Waals surface area contributed by atoms with Gasteiger partial charge in [0.05, 0.1) is 12.0 Å². The van der Waals surface area contributed by atoms with Crippen molar-refractivity contribution in [2.24, 2.45) is 0 Å². The van der Waals surface area contributed by atoms with Crippen molar-refractivity contribution in [3.63, 3.8) is 0 Å². The minimum atomic E-state index is -0.674. The van der Waals surface area contributed by atoms with E-state index in [1.54, 1.807) is 9.80 Å². The summed E-state index contributed by atoms with van der Waals surface area (Å²) >= 11 is 0. The van der Waals surface area contributed by atoms with E-state index in [0.717, 1.165) is 5.56 Å². The Morgan fingerprint density at radius 3 is 2.37 bits per heavy atom. The van der Waals surface area contributed by atoms with Crippen molar-refractivity contribution >= 4 is 23.4 Å². The summed E-state index contributed by atoms with van der Waals surface area (Å²) in [4.78, 5) is 41.4. The van der Waals surface area contributed by atoms with Gasteiger partial charge in [0, 0.05) is 37.8 Å². The first kappa shape index (κ1) is 20.1. The number of hydrogen-bond donors (Lipinski definition) is 1. The molecule has 1 saturated heterocycles. The molecular formula is C23H24FN3O3. The van der Waals surface area contributed by atoms with E-state index >= 15 is 0 Å². The quantitative estimate of drug-likeness (QED) is 0.843. The third kappa shape index (κ3) is 3.79. The van der Waals surface area contributed by atoms with Crippen LogP contribution in [0.1, 0.15) is 42.1 Å². The molecule has 2 aromatic rings. The second-order valence-corrected chi connectivity index (χ2v) is 8.01. The normalized spacial score (nSPS) is 17.6. The number of carbonyl (C=O) groups excluding carboxylic acids is 3. The average molecular weight is 409 g/mol. The maximum atomic E-state index is 13.2. The molecule has 3 amide bonds. The largest absolute Gasteiger partial charge is 0.343 e. The van der Waals surface area contributed by atoms with Gasteiger partial charge in [0.2, 0.25) is 11.8 Å². The molecule has 2 aliphatic heterocycles. The molecule has 0 radical (unpaired) electrons. The van der Waals surface area contributed by atoms with Crippen LogP contribution in [0.2, 0.25) is 0 Å². The molecule has 4 rings (SSSR count). The van der Waals surface area contributed by atoms with E-state index in [1.165, 1.54) is 31.2 Å². The van der Waals surface area contributed by atoms with Crippen LogP contribution in [0, 0.1) is 5.82 Å². The molecular weight excluding hydrogens is 385 g/mol. The highest BCUT2D eigenvalue weighted by molar-refractivity contribution is 5.99. The molecule has 2 aromatic carbocycles. The van der Waals surface area contributed by atoms with E-state index in [9.17, 15) is 18.8 Å². The maximum absolute atomic E-state index is 13.2. The number of rotatable bonds is 4. The van der Waals surface area contributed by atoms with Gasteiger partial charge in [-0.2, -0.15) is 0 Å². The molecule has 0 aromatic heterocycles. The van der Waals surface area contributed by atoms with Crippen LogP contribution in [0.5, 0.6) is 0 Å². The van der Waals surface area contributed by atoms with E-state index in [-0.39, 0.29) is 30.0 Å². The van der Waals surface area contributed by atoms with Crippen molar-refractivity contribution in [2.45, 2.75) is 38.3 Å². The fraction of sp³-hybridized carbons (Fsp3) is 0.348. The van der Waals surface area contributed by atoms with Crippen molar-refractivity contribution in [2.75, 3.05) is 18.4 Å². The number of amides is 3. The molecule has 1 fully saturated rings. The number of fused-ring (bicyclic) bond motifs is 1. The highest BCUT2D eigenvalue weighted by atomic mass is 19.1. The zero-order valence-electron chi connectivity index (χ0n) is 16.9. The number of hydrogen-bond acceptors (Lipinski definition) is 3. The van der Waals surface area contributed by atoms with Gasteiger partial charge in [-0.3, -0.25) is 14.4 Å². The summed E-state index contributed by atoms with van der Waals surface area (Å²) < 4.78 is 13.1. The van der Waals surface area contributed by atoms with Crippen molar-refractivity contribution in [1.29, 1.82) is 0 Å². The number of likely N-dealkylation sites (tertiary alicyclic amines) is 1. The number of anilines is 1. The van der Waals surface area contributed by atoms with Gasteiger partial charge in [0.25, 0.3) is 5.91 Å². The van der Waals surface area contributed by atoms with Crippen molar-refractivity contribution in [3.05, 3.63) is 65.5 Å². The molecule has 0 saturated carbocycles. The van der Waals surface area contributed by atoms with Gasteiger partial charge in [-0.05, 0) is 48.7 Å². The Morgan fingerprint density at radius 2 is 1.73 bits per heavy atom. The Morgan fingerprint density at radius 1 is 1.07 bits per heavy atom. The monoisotopic (exact) mass is 409 g/mol. The minimum Gasteiger partial charge on any atom is -0.343 e. The Bertz CT molecular complexity index is 981. The first-order valence-corrected chi connectivity index (χ1v) is 10.1. The number of piperidine rings is 1. The summed E-state index contributed by atoms with van der Waals surface area (Å²) in [5.41, 5.74) is 1.46. The van der Waals surface area contributed by atoms with E-state index in [4.69, 9.17) is 0 Å². The van der Waals surface area contributed by atoms with Gasteiger partial charge < -0.3 is 15.1 Å². The number of carbonyl (C=O) groups is 3. The molecule has 1 N–H and O–H groups in total. The van der Waals surface area contributed by atoms with Gasteiger partial charge in [-0.25, -0.2) is 4.39 Å². The van der Waals surface area contributed by atoms with Crippen LogP contribution >= 0.6 is 0 Å². The highest BCUT2D eigenvalue weighted by Crippen LogP contribution is 2.38. The van der Waals surface area contributed by atoms with Gasteiger partial charge in [-0.1, -0.05) is 18.2 Å². The topological polar surface area (TPSA) is 69.7 Å². The van der Waals surface area contributed by atoms with E-state index in [1.807, 2.05) is 24.3 Å². The molecule has 2 heterocycles. The molecule has 0 atom stereocenters.